The van der Waals surface area contributed by atoms with E-state index in [1.54, 1.807) is 4.68 Å². The zero-order valence-electron chi connectivity index (χ0n) is 14.8. The standard InChI is InChI=1S/C18H26N6O/c1-2-24-9-7-16(21-24)18(25)22-8-3-4-15(12-22)10-17-20-19-13-23(17)11-14-5-6-14/h7,9,13-15H,2-6,8,10-12H2,1H3. The Morgan fingerprint density at radius 2 is 2.16 bits per heavy atom. The molecule has 2 fully saturated rings. The Kier molecular flexibility index (Phi) is 4.55. The monoisotopic (exact) mass is 342 g/mol. The smallest absolute Gasteiger partial charge is 0.274 e. The first-order chi connectivity index (χ1) is 12.2. The Bertz CT molecular complexity index is 732. The van der Waals surface area contributed by atoms with Gasteiger partial charge in [-0.15, -0.1) is 10.2 Å². The maximum atomic E-state index is 12.7. The van der Waals surface area contributed by atoms with Crippen molar-refractivity contribution >= 4 is 5.91 Å². The molecular formula is C18H26N6O. The molecule has 4 rings (SSSR count). The second-order valence-electron chi connectivity index (χ2n) is 7.36. The number of aryl methyl sites for hydroxylation is 1. The summed E-state index contributed by atoms with van der Waals surface area (Å²) >= 11 is 0. The molecule has 1 saturated carbocycles. The first-order valence-electron chi connectivity index (χ1n) is 9.42. The van der Waals surface area contributed by atoms with E-state index in [9.17, 15) is 4.79 Å². The summed E-state index contributed by atoms with van der Waals surface area (Å²) in [4.78, 5) is 14.7. The lowest BCUT2D eigenvalue weighted by atomic mass is 9.94. The van der Waals surface area contributed by atoms with Crippen LogP contribution in [0.3, 0.4) is 0 Å². The van der Waals surface area contributed by atoms with Crippen molar-refractivity contribution in [2.45, 2.75) is 52.1 Å². The third-order valence-corrected chi connectivity index (χ3v) is 5.31. The van der Waals surface area contributed by atoms with E-state index in [2.05, 4.69) is 19.9 Å². The molecule has 0 N–H and O–H groups in total. The van der Waals surface area contributed by atoms with Gasteiger partial charge in [-0.2, -0.15) is 5.10 Å². The van der Waals surface area contributed by atoms with Gasteiger partial charge in [0.1, 0.15) is 17.8 Å². The predicted molar refractivity (Wildman–Crippen MR) is 93.0 cm³/mol. The van der Waals surface area contributed by atoms with E-state index in [1.807, 2.05) is 30.4 Å². The van der Waals surface area contributed by atoms with Crippen LogP contribution in [0.5, 0.6) is 0 Å². The molecule has 25 heavy (non-hydrogen) atoms. The predicted octanol–water partition coefficient (Wildman–Crippen LogP) is 2.00. The zero-order chi connectivity index (χ0) is 17.2. The van der Waals surface area contributed by atoms with Crippen molar-refractivity contribution in [3.63, 3.8) is 0 Å². The Balaban J connectivity index is 1.39. The highest BCUT2D eigenvalue weighted by atomic mass is 16.2. The van der Waals surface area contributed by atoms with E-state index in [0.29, 0.717) is 11.6 Å². The maximum Gasteiger partial charge on any atom is 0.274 e. The van der Waals surface area contributed by atoms with Crippen molar-refractivity contribution in [1.29, 1.82) is 0 Å². The summed E-state index contributed by atoms with van der Waals surface area (Å²) < 4.78 is 4.01. The minimum Gasteiger partial charge on any atom is -0.337 e. The molecule has 7 heteroatoms. The summed E-state index contributed by atoms with van der Waals surface area (Å²) in [7, 11) is 0. The summed E-state index contributed by atoms with van der Waals surface area (Å²) in [5.41, 5.74) is 0.555. The Labute approximate surface area is 148 Å². The number of carbonyl (C=O) groups is 1. The van der Waals surface area contributed by atoms with Gasteiger partial charge in [0, 0.05) is 38.8 Å². The van der Waals surface area contributed by atoms with Crippen molar-refractivity contribution in [2.75, 3.05) is 13.1 Å². The summed E-state index contributed by atoms with van der Waals surface area (Å²) in [5.74, 6) is 2.39. The van der Waals surface area contributed by atoms with Crippen LogP contribution in [0.1, 0.15) is 48.9 Å². The zero-order valence-corrected chi connectivity index (χ0v) is 14.8. The molecule has 134 valence electrons. The van der Waals surface area contributed by atoms with Gasteiger partial charge in [-0.25, -0.2) is 0 Å². The van der Waals surface area contributed by atoms with Gasteiger partial charge >= 0.3 is 0 Å². The Morgan fingerprint density at radius 3 is 2.92 bits per heavy atom. The number of rotatable bonds is 6. The molecule has 1 aliphatic heterocycles. The van der Waals surface area contributed by atoms with Gasteiger partial charge in [0.15, 0.2) is 0 Å². The van der Waals surface area contributed by atoms with Crippen LogP contribution in [0, 0.1) is 11.8 Å². The first kappa shape index (κ1) is 16.3. The molecule has 0 spiro atoms. The summed E-state index contributed by atoms with van der Waals surface area (Å²) in [5, 5.41) is 12.8. The average molecular weight is 342 g/mol. The molecule has 0 radical (unpaired) electrons. The highest BCUT2D eigenvalue weighted by molar-refractivity contribution is 5.92. The van der Waals surface area contributed by atoms with Crippen LogP contribution in [0.4, 0.5) is 0 Å². The van der Waals surface area contributed by atoms with Crippen molar-refractivity contribution in [3.05, 3.63) is 30.1 Å². The lowest BCUT2D eigenvalue weighted by Crippen LogP contribution is -2.41. The quantitative estimate of drug-likeness (QED) is 0.805. The van der Waals surface area contributed by atoms with Crippen molar-refractivity contribution in [1.82, 2.24) is 29.4 Å². The Hall–Kier alpha value is -2.18. The molecule has 1 saturated heterocycles. The van der Waals surface area contributed by atoms with E-state index in [4.69, 9.17) is 0 Å². The lowest BCUT2D eigenvalue weighted by molar-refractivity contribution is 0.0664. The summed E-state index contributed by atoms with van der Waals surface area (Å²) in [6, 6.07) is 1.82. The summed E-state index contributed by atoms with van der Waals surface area (Å²) in [6.45, 7) is 5.46. The molecule has 1 aliphatic carbocycles. The van der Waals surface area contributed by atoms with Crippen LogP contribution in [0.25, 0.3) is 0 Å². The van der Waals surface area contributed by atoms with Gasteiger partial charge in [0.2, 0.25) is 0 Å². The molecule has 0 bridgehead atoms. The molecule has 2 aromatic rings. The molecule has 1 atom stereocenters. The minimum absolute atomic E-state index is 0.0522. The van der Waals surface area contributed by atoms with Gasteiger partial charge < -0.3 is 9.47 Å². The normalized spacial score (nSPS) is 20.8. The van der Waals surface area contributed by atoms with Crippen LogP contribution < -0.4 is 0 Å². The lowest BCUT2D eigenvalue weighted by Gasteiger charge is -2.32. The van der Waals surface area contributed by atoms with Gasteiger partial charge in [-0.3, -0.25) is 9.48 Å². The SMILES string of the molecule is CCn1ccc(C(=O)N2CCCC(Cc3nncn3CC3CC3)C2)n1. The largest absolute Gasteiger partial charge is 0.337 e. The third kappa shape index (κ3) is 3.75. The molecule has 2 aliphatic rings. The number of likely N-dealkylation sites (tertiary alicyclic amines) is 1. The number of nitrogens with zero attached hydrogens (tertiary/aromatic N) is 6. The van der Waals surface area contributed by atoms with Crippen LogP contribution >= 0.6 is 0 Å². The fourth-order valence-corrected chi connectivity index (χ4v) is 3.66. The number of carbonyl (C=O) groups excluding carboxylic acids is 1. The van der Waals surface area contributed by atoms with Crippen molar-refractivity contribution in [2.24, 2.45) is 11.8 Å². The average Bonchev–Trinajstić information content (AvgIpc) is 3.14. The van der Waals surface area contributed by atoms with Crippen molar-refractivity contribution < 1.29 is 4.79 Å². The molecule has 1 amide bonds. The second kappa shape index (κ2) is 6.98. The van der Waals surface area contributed by atoms with E-state index >= 15 is 0 Å². The number of hydrogen-bond donors (Lipinski definition) is 0. The summed E-state index contributed by atoms with van der Waals surface area (Å²) in [6.07, 6.45) is 9.47. The molecular weight excluding hydrogens is 316 g/mol. The molecule has 2 aromatic heterocycles. The van der Waals surface area contributed by atoms with E-state index < -0.39 is 0 Å². The van der Waals surface area contributed by atoms with E-state index in [0.717, 1.165) is 57.2 Å². The van der Waals surface area contributed by atoms with E-state index in [-0.39, 0.29) is 5.91 Å². The van der Waals surface area contributed by atoms with Crippen LogP contribution in [0.15, 0.2) is 18.6 Å². The Morgan fingerprint density at radius 1 is 1.28 bits per heavy atom. The molecule has 1 unspecified atom stereocenters. The van der Waals surface area contributed by atoms with Gasteiger partial charge in [0.25, 0.3) is 5.91 Å². The van der Waals surface area contributed by atoms with E-state index in [1.165, 1.54) is 12.8 Å². The number of amides is 1. The molecule has 7 nitrogen and oxygen atoms in total. The third-order valence-electron chi connectivity index (χ3n) is 5.31. The van der Waals surface area contributed by atoms with Crippen LogP contribution in [-0.4, -0.2) is 48.4 Å². The number of hydrogen-bond acceptors (Lipinski definition) is 4. The van der Waals surface area contributed by atoms with Gasteiger partial charge in [-0.1, -0.05) is 0 Å². The van der Waals surface area contributed by atoms with Crippen molar-refractivity contribution in [3.8, 4) is 0 Å². The van der Waals surface area contributed by atoms with Crippen LogP contribution in [0.2, 0.25) is 0 Å². The fourth-order valence-electron chi connectivity index (χ4n) is 3.66. The molecule has 0 aromatic carbocycles. The highest BCUT2D eigenvalue weighted by Crippen LogP contribution is 2.31. The molecule has 3 heterocycles. The van der Waals surface area contributed by atoms with Gasteiger partial charge in [-0.05, 0) is 50.5 Å². The topological polar surface area (TPSA) is 68.8 Å². The minimum atomic E-state index is 0.0522. The first-order valence-corrected chi connectivity index (χ1v) is 9.42. The highest BCUT2D eigenvalue weighted by Gasteiger charge is 2.28. The van der Waals surface area contributed by atoms with Gasteiger partial charge in [0.05, 0.1) is 0 Å². The van der Waals surface area contributed by atoms with Crippen LogP contribution in [-0.2, 0) is 19.5 Å². The fraction of sp³-hybridized carbons (Fsp3) is 0.667. The maximum absolute atomic E-state index is 12.7. The number of piperidine rings is 1. The second-order valence-corrected chi connectivity index (χ2v) is 7.36. The number of aromatic nitrogens is 5.